The van der Waals surface area contributed by atoms with Crippen molar-refractivity contribution >= 4 is 35.8 Å². The fourth-order valence-electron chi connectivity index (χ4n) is 3.03. The van der Waals surface area contributed by atoms with E-state index < -0.39 is 25.9 Å². The maximum absolute atomic E-state index is 12.1. The van der Waals surface area contributed by atoms with E-state index in [-0.39, 0.29) is 18.5 Å². The highest BCUT2D eigenvalue weighted by Gasteiger charge is 2.35. The number of carboxylic acid groups (broad SMARTS) is 1. The van der Waals surface area contributed by atoms with Crippen molar-refractivity contribution in [3.63, 3.8) is 0 Å². The lowest BCUT2D eigenvalue weighted by Gasteiger charge is -2.30. The Labute approximate surface area is 188 Å². The van der Waals surface area contributed by atoms with E-state index in [0.29, 0.717) is 24.1 Å². The van der Waals surface area contributed by atoms with Crippen LogP contribution in [0.3, 0.4) is 0 Å². The van der Waals surface area contributed by atoms with Gasteiger partial charge in [-0.3, -0.25) is 10.2 Å². The van der Waals surface area contributed by atoms with E-state index in [0.717, 1.165) is 16.6 Å². The highest BCUT2D eigenvalue weighted by molar-refractivity contribution is 9.10. The van der Waals surface area contributed by atoms with Crippen molar-refractivity contribution in [3.05, 3.63) is 28.5 Å². The second kappa shape index (κ2) is 12.3. The minimum atomic E-state index is -1.26. The molecule has 0 aliphatic carbocycles. The van der Waals surface area contributed by atoms with E-state index >= 15 is 0 Å². The van der Waals surface area contributed by atoms with Crippen LogP contribution in [0, 0.1) is 28.7 Å². The van der Waals surface area contributed by atoms with Gasteiger partial charge in [0, 0.05) is 26.8 Å². The average Bonchev–Trinajstić information content (AvgIpc) is 2.64. The molecule has 2 atom stereocenters. The van der Waals surface area contributed by atoms with Crippen molar-refractivity contribution in [2.45, 2.75) is 52.4 Å². The van der Waals surface area contributed by atoms with Gasteiger partial charge in [0.15, 0.2) is 0 Å². The smallest absolute Gasteiger partial charge is 0.307 e. The monoisotopic (exact) mass is 499 g/mol. The van der Waals surface area contributed by atoms with Crippen molar-refractivity contribution in [2.75, 3.05) is 13.3 Å². The number of aromatic nitrogens is 1. The number of halogens is 1. The number of ether oxygens (including phenoxy) is 1. The van der Waals surface area contributed by atoms with E-state index in [9.17, 15) is 9.90 Å². The van der Waals surface area contributed by atoms with E-state index in [1.54, 1.807) is 12.3 Å². The molecule has 0 aliphatic heterocycles. The summed E-state index contributed by atoms with van der Waals surface area (Å²) in [6, 6.07) is 4.61. The third-order valence-electron chi connectivity index (χ3n) is 4.73. The van der Waals surface area contributed by atoms with Crippen molar-refractivity contribution in [3.8, 4) is 0 Å². The maximum atomic E-state index is 12.1. The molecule has 30 heavy (non-hydrogen) atoms. The van der Waals surface area contributed by atoms with Crippen molar-refractivity contribution in [1.29, 1.82) is 10.9 Å². The fourth-order valence-corrected chi connectivity index (χ4v) is 4.02. The van der Waals surface area contributed by atoms with Crippen LogP contribution in [0.2, 0.25) is 25.7 Å². The van der Waals surface area contributed by atoms with Gasteiger partial charge in [0.25, 0.3) is 0 Å². The molecule has 1 aromatic heterocycles. The summed E-state index contributed by atoms with van der Waals surface area (Å²) in [5.74, 6) is -2.24. The third kappa shape index (κ3) is 9.44. The van der Waals surface area contributed by atoms with Crippen molar-refractivity contribution in [2.24, 2.45) is 23.0 Å². The number of amidine groups is 1. The molecule has 0 aromatic carbocycles. The summed E-state index contributed by atoms with van der Waals surface area (Å²) in [7, 11) is -1.26. The topological polar surface area (TPSA) is 123 Å². The number of aliphatic carboxylic acids is 1. The van der Waals surface area contributed by atoms with Gasteiger partial charge in [-0.2, -0.15) is 5.53 Å². The summed E-state index contributed by atoms with van der Waals surface area (Å²) in [6.45, 7) is 11.2. The largest absolute Gasteiger partial charge is 0.481 e. The van der Waals surface area contributed by atoms with Gasteiger partial charge in [0.1, 0.15) is 17.2 Å². The first-order valence-electron chi connectivity index (χ1n) is 10.1. The Balaban J connectivity index is 3.04. The van der Waals surface area contributed by atoms with E-state index in [1.807, 2.05) is 19.9 Å². The number of pyridine rings is 1. The van der Waals surface area contributed by atoms with Gasteiger partial charge in [-0.05, 0) is 52.4 Å². The van der Waals surface area contributed by atoms with Crippen LogP contribution in [0.5, 0.6) is 0 Å². The quantitative estimate of drug-likeness (QED) is 0.0497. The highest BCUT2D eigenvalue weighted by atomic mass is 79.9. The first-order valence-corrected chi connectivity index (χ1v) is 14.6. The molecule has 1 heterocycles. The number of nitrogens with zero attached hydrogens (tertiary/aromatic N) is 3. The number of rotatable bonds is 13. The molecule has 0 bridgehead atoms. The molecular formula is C20H34BrN5O3Si. The number of nitrogens with one attached hydrogen (secondary N) is 2. The SMILES string of the molecule is CC(C)CC(C(=O)O)C(Cc1ccc(Br)nc1)C(=N)N(COCC[Si](C)(C)C)N=N. The molecule has 8 nitrogen and oxygen atoms in total. The molecule has 1 rings (SSSR count). The summed E-state index contributed by atoms with van der Waals surface area (Å²) in [4.78, 5) is 16.3. The first-order chi connectivity index (χ1) is 13.9. The Hall–Kier alpha value is -1.65. The highest BCUT2D eigenvalue weighted by Crippen LogP contribution is 2.27. The summed E-state index contributed by atoms with van der Waals surface area (Å²) in [5, 5.41) is 23.1. The minimum Gasteiger partial charge on any atom is -0.481 e. The third-order valence-corrected chi connectivity index (χ3v) is 6.91. The number of hydrogen-bond acceptors (Lipinski definition) is 6. The van der Waals surface area contributed by atoms with Gasteiger partial charge in [-0.15, -0.1) is 0 Å². The Morgan fingerprint density at radius 2 is 2.00 bits per heavy atom. The van der Waals surface area contributed by atoms with Crippen LogP contribution in [-0.4, -0.2) is 48.3 Å². The zero-order valence-corrected chi connectivity index (χ0v) is 21.1. The van der Waals surface area contributed by atoms with Gasteiger partial charge < -0.3 is 9.84 Å². The van der Waals surface area contributed by atoms with Gasteiger partial charge >= 0.3 is 5.97 Å². The maximum Gasteiger partial charge on any atom is 0.307 e. The zero-order chi connectivity index (χ0) is 22.9. The van der Waals surface area contributed by atoms with Gasteiger partial charge in [-0.25, -0.2) is 9.99 Å². The summed E-state index contributed by atoms with van der Waals surface area (Å²) in [6.07, 6.45) is 2.42. The molecule has 0 spiro atoms. The molecule has 10 heteroatoms. The van der Waals surface area contributed by atoms with Gasteiger partial charge in [-0.1, -0.05) is 44.8 Å². The molecule has 0 radical (unpaired) electrons. The molecule has 168 valence electrons. The summed E-state index contributed by atoms with van der Waals surface area (Å²) in [5.41, 5.74) is 8.34. The Morgan fingerprint density at radius 3 is 2.47 bits per heavy atom. The lowest BCUT2D eigenvalue weighted by molar-refractivity contribution is -0.143. The number of carboxylic acids is 1. The molecule has 2 unspecified atom stereocenters. The zero-order valence-electron chi connectivity index (χ0n) is 18.5. The van der Waals surface area contributed by atoms with E-state index in [2.05, 4.69) is 45.8 Å². The van der Waals surface area contributed by atoms with Crippen LogP contribution in [0.4, 0.5) is 0 Å². The predicted octanol–water partition coefficient (Wildman–Crippen LogP) is 5.29. The number of carbonyl (C=O) groups is 1. The average molecular weight is 501 g/mol. The van der Waals surface area contributed by atoms with Gasteiger partial charge in [0.2, 0.25) is 0 Å². The minimum absolute atomic E-state index is 0.0195. The normalized spacial score (nSPS) is 13.7. The van der Waals surface area contributed by atoms with Gasteiger partial charge in [0.05, 0.1) is 5.92 Å². The van der Waals surface area contributed by atoms with Crippen LogP contribution in [0.1, 0.15) is 25.8 Å². The predicted molar refractivity (Wildman–Crippen MR) is 123 cm³/mol. The molecule has 0 fully saturated rings. The summed E-state index contributed by atoms with van der Waals surface area (Å²) >= 11 is 3.30. The van der Waals surface area contributed by atoms with Crippen LogP contribution in [0.25, 0.3) is 0 Å². The molecule has 0 amide bonds. The van der Waals surface area contributed by atoms with Crippen LogP contribution in [-0.2, 0) is 16.0 Å². The Kier molecular flexibility index (Phi) is 10.8. The second-order valence-electron chi connectivity index (χ2n) is 9.11. The first kappa shape index (κ1) is 26.4. The van der Waals surface area contributed by atoms with Crippen LogP contribution in [0.15, 0.2) is 28.2 Å². The van der Waals surface area contributed by atoms with Crippen LogP contribution >= 0.6 is 15.9 Å². The molecule has 1 aromatic rings. The van der Waals surface area contributed by atoms with E-state index in [1.165, 1.54) is 0 Å². The molecule has 0 saturated carbocycles. The lowest BCUT2D eigenvalue weighted by Crippen LogP contribution is -2.41. The van der Waals surface area contributed by atoms with Crippen molar-refractivity contribution < 1.29 is 14.6 Å². The molecular weight excluding hydrogens is 466 g/mol. The fraction of sp³-hybridized carbons (Fsp3) is 0.650. The Morgan fingerprint density at radius 1 is 1.33 bits per heavy atom. The molecule has 0 aliphatic rings. The molecule has 0 saturated heterocycles. The van der Waals surface area contributed by atoms with Crippen LogP contribution < -0.4 is 0 Å². The lowest BCUT2D eigenvalue weighted by atomic mass is 9.81. The van der Waals surface area contributed by atoms with E-state index in [4.69, 9.17) is 15.7 Å². The van der Waals surface area contributed by atoms with Crippen molar-refractivity contribution in [1.82, 2.24) is 9.99 Å². The standard InChI is InChI=1S/C20H34BrN5O3Si/c1-14(2)10-17(20(27)28)16(11-15-6-7-18(21)24-12-15)19(22)26(25-23)13-29-8-9-30(3,4)5/h6-7,12,14,16-17,22-23H,8-11,13H2,1-5H3,(H,27,28). The summed E-state index contributed by atoms with van der Waals surface area (Å²) < 4.78 is 6.35. The Bertz CT molecular complexity index is 709. The molecule has 3 N–H and O–H groups in total. The number of hydrogen-bond donors (Lipinski definition) is 3. The second-order valence-corrected chi connectivity index (χ2v) is 15.5.